The van der Waals surface area contributed by atoms with Gasteiger partial charge < -0.3 is 28.4 Å². The SMILES string of the molecule is CCc1ccc2oc3c(c(=O)c2c1)C(c1cc(OC)c(OC)c(OC)c1)N(CCN(C)C)C3=O. The Bertz CT molecular complexity index is 1270. The van der Waals surface area contributed by atoms with Gasteiger partial charge in [0.1, 0.15) is 5.58 Å². The standard InChI is InChI=1S/C26H30N2O6/c1-7-15-8-9-18-17(12-15)23(29)21-22(28(11-10-27(2)3)26(30)25(21)34-18)16-13-19(31-4)24(33-6)20(14-16)32-5/h8-9,12-14,22H,7,10-11H2,1-6H3. The second kappa shape index (κ2) is 9.38. The first kappa shape index (κ1) is 23.6. The molecule has 180 valence electrons. The van der Waals surface area contributed by atoms with E-state index in [0.29, 0.717) is 52.4 Å². The zero-order chi connectivity index (χ0) is 24.6. The van der Waals surface area contributed by atoms with E-state index in [4.69, 9.17) is 18.6 Å². The molecule has 8 nitrogen and oxygen atoms in total. The summed E-state index contributed by atoms with van der Waals surface area (Å²) in [5.41, 5.74) is 2.24. The van der Waals surface area contributed by atoms with Crippen LogP contribution in [0.25, 0.3) is 11.0 Å². The molecule has 2 heterocycles. The van der Waals surface area contributed by atoms with E-state index in [1.54, 1.807) is 23.1 Å². The van der Waals surface area contributed by atoms with Gasteiger partial charge in [-0.2, -0.15) is 0 Å². The number of amides is 1. The Morgan fingerprint density at radius 1 is 1.00 bits per heavy atom. The molecule has 0 spiro atoms. The van der Waals surface area contributed by atoms with Gasteiger partial charge in [-0.3, -0.25) is 9.59 Å². The van der Waals surface area contributed by atoms with Gasteiger partial charge in [-0.15, -0.1) is 0 Å². The summed E-state index contributed by atoms with van der Waals surface area (Å²) in [6.45, 7) is 3.06. The highest BCUT2D eigenvalue weighted by molar-refractivity contribution is 5.99. The molecule has 1 amide bonds. The molecular formula is C26H30N2O6. The van der Waals surface area contributed by atoms with Crippen LogP contribution in [0.3, 0.4) is 0 Å². The highest BCUT2D eigenvalue weighted by Crippen LogP contribution is 2.44. The van der Waals surface area contributed by atoms with Crippen LogP contribution in [0.2, 0.25) is 0 Å². The van der Waals surface area contributed by atoms with Crippen LogP contribution in [0.5, 0.6) is 17.2 Å². The topological polar surface area (TPSA) is 81.5 Å². The summed E-state index contributed by atoms with van der Waals surface area (Å²) >= 11 is 0. The van der Waals surface area contributed by atoms with Gasteiger partial charge in [0.15, 0.2) is 16.9 Å². The van der Waals surface area contributed by atoms with E-state index in [1.807, 2.05) is 38.1 Å². The summed E-state index contributed by atoms with van der Waals surface area (Å²) in [6, 6.07) is 8.44. The highest BCUT2D eigenvalue weighted by atomic mass is 16.5. The minimum absolute atomic E-state index is 0.0826. The maximum atomic E-state index is 13.8. The van der Waals surface area contributed by atoms with Gasteiger partial charge in [0, 0.05) is 13.1 Å². The number of benzene rings is 2. The number of hydrogen-bond donors (Lipinski definition) is 0. The molecule has 1 atom stereocenters. The Morgan fingerprint density at radius 3 is 2.24 bits per heavy atom. The van der Waals surface area contributed by atoms with Crippen LogP contribution in [-0.4, -0.2) is 64.2 Å². The number of aryl methyl sites for hydroxylation is 1. The number of rotatable bonds is 8. The quantitative estimate of drug-likeness (QED) is 0.503. The Morgan fingerprint density at radius 2 is 1.68 bits per heavy atom. The van der Waals surface area contributed by atoms with Crippen molar-refractivity contribution in [3.05, 3.63) is 63.0 Å². The van der Waals surface area contributed by atoms with E-state index in [-0.39, 0.29) is 17.1 Å². The summed E-state index contributed by atoms with van der Waals surface area (Å²) in [7, 11) is 8.47. The van der Waals surface area contributed by atoms with E-state index in [2.05, 4.69) is 0 Å². The van der Waals surface area contributed by atoms with Crippen molar-refractivity contribution in [2.45, 2.75) is 19.4 Å². The minimum atomic E-state index is -0.651. The number of carbonyl (C=O) groups excluding carboxylic acids is 1. The second-order valence-corrected chi connectivity index (χ2v) is 8.52. The van der Waals surface area contributed by atoms with Crippen LogP contribution in [0.1, 0.15) is 40.2 Å². The first-order chi connectivity index (χ1) is 16.3. The number of likely N-dealkylation sites (N-methyl/N-ethyl adjacent to an activating group) is 1. The first-order valence-corrected chi connectivity index (χ1v) is 11.2. The van der Waals surface area contributed by atoms with Gasteiger partial charge in [-0.1, -0.05) is 13.0 Å². The van der Waals surface area contributed by atoms with Crippen molar-refractivity contribution in [2.75, 3.05) is 48.5 Å². The summed E-state index contributed by atoms with van der Waals surface area (Å²) in [6.07, 6.45) is 0.788. The third kappa shape index (κ3) is 3.88. The molecule has 1 aliphatic rings. The Kier molecular flexibility index (Phi) is 6.52. The average molecular weight is 467 g/mol. The molecule has 0 saturated carbocycles. The van der Waals surface area contributed by atoms with Gasteiger partial charge in [0.2, 0.25) is 11.5 Å². The van der Waals surface area contributed by atoms with Crippen molar-refractivity contribution in [1.82, 2.24) is 9.80 Å². The van der Waals surface area contributed by atoms with Crippen molar-refractivity contribution in [2.24, 2.45) is 0 Å². The van der Waals surface area contributed by atoms with Gasteiger partial charge in [0.05, 0.1) is 38.3 Å². The molecule has 0 N–H and O–H groups in total. The molecule has 0 fully saturated rings. The number of ether oxygens (including phenoxy) is 3. The number of carbonyl (C=O) groups is 1. The molecule has 1 unspecified atom stereocenters. The molecule has 1 aliphatic heterocycles. The zero-order valence-electron chi connectivity index (χ0n) is 20.4. The Hall–Kier alpha value is -3.52. The van der Waals surface area contributed by atoms with E-state index in [9.17, 15) is 9.59 Å². The monoisotopic (exact) mass is 466 g/mol. The van der Waals surface area contributed by atoms with Crippen molar-refractivity contribution in [3.63, 3.8) is 0 Å². The first-order valence-electron chi connectivity index (χ1n) is 11.2. The lowest BCUT2D eigenvalue weighted by Gasteiger charge is -2.27. The maximum Gasteiger partial charge on any atom is 0.290 e. The normalized spacial score (nSPS) is 15.2. The molecule has 0 saturated heterocycles. The van der Waals surface area contributed by atoms with E-state index < -0.39 is 6.04 Å². The lowest BCUT2D eigenvalue weighted by molar-refractivity contribution is 0.0716. The fraction of sp³-hybridized carbons (Fsp3) is 0.385. The van der Waals surface area contributed by atoms with Crippen LogP contribution >= 0.6 is 0 Å². The molecule has 4 rings (SSSR count). The lowest BCUT2D eigenvalue weighted by Crippen LogP contribution is -2.35. The molecule has 2 aromatic carbocycles. The highest BCUT2D eigenvalue weighted by Gasteiger charge is 2.43. The van der Waals surface area contributed by atoms with E-state index >= 15 is 0 Å². The minimum Gasteiger partial charge on any atom is -0.493 e. The van der Waals surface area contributed by atoms with Crippen molar-refractivity contribution >= 4 is 16.9 Å². The van der Waals surface area contributed by atoms with Crippen LogP contribution in [0.15, 0.2) is 39.5 Å². The molecular weight excluding hydrogens is 436 g/mol. The summed E-state index contributed by atoms with van der Waals surface area (Å²) < 4.78 is 22.6. The lowest BCUT2D eigenvalue weighted by atomic mass is 9.97. The Balaban J connectivity index is 1.99. The van der Waals surface area contributed by atoms with Gasteiger partial charge in [0.25, 0.3) is 5.91 Å². The fourth-order valence-electron chi connectivity index (χ4n) is 4.43. The zero-order valence-corrected chi connectivity index (χ0v) is 20.4. The van der Waals surface area contributed by atoms with E-state index in [0.717, 1.165) is 12.0 Å². The largest absolute Gasteiger partial charge is 0.493 e. The molecule has 1 aromatic heterocycles. The summed E-state index contributed by atoms with van der Waals surface area (Å²) in [5, 5.41) is 0.470. The number of fused-ring (bicyclic) bond motifs is 2. The summed E-state index contributed by atoms with van der Waals surface area (Å²) in [5.74, 6) is 1.11. The van der Waals surface area contributed by atoms with Gasteiger partial charge in [-0.05, 0) is 55.9 Å². The molecule has 3 aromatic rings. The number of hydrogen-bond acceptors (Lipinski definition) is 7. The third-order valence-corrected chi connectivity index (χ3v) is 6.23. The van der Waals surface area contributed by atoms with Crippen LogP contribution in [-0.2, 0) is 6.42 Å². The van der Waals surface area contributed by atoms with Gasteiger partial charge in [-0.25, -0.2) is 0 Å². The van der Waals surface area contributed by atoms with Crippen molar-refractivity contribution in [3.8, 4) is 17.2 Å². The van der Waals surface area contributed by atoms with Crippen LogP contribution < -0.4 is 19.6 Å². The number of methoxy groups -OCH3 is 3. The predicted octanol–water partition coefficient (Wildman–Crippen LogP) is 3.49. The third-order valence-electron chi connectivity index (χ3n) is 6.23. The van der Waals surface area contributed by atoms with E-state index in [1.165, 1.54) is 21.3 Å². The van der Waals surface area contributed by atoms with Crippen molar-refractivity contribution < 1.29 is 23.4 Å². The van der Waals surface area contributed by atoms with Crippen LogP contribution in [0.4, 0.5) is 0 Å². The number of nitrogens with zero attached hydrogens (tertiary/aromatic N) is 2. The van der Waals surface area contributed by atoms with Gasteiger partial charge >= 0.3 is 0 Å². The van der Waals surface area contributed by atoms with Crippen molar-refractivity contribution in [1.29, 1.82) is 0 Å². The molecule has 0 bridgehead atoms. The van der Waals surface area contributed by atoms with Crippen LogP contribution in [0, 0.1) is 0 Å². The second-order valence-electron chi connectivity index (χ2n) is 8.52. The molecule has 0 radical (unpaired) electrons. The smallest absolute Gasteiger partial charge is 0.290 e. The molecule has 34 heavy (non-hydrogen) atoms. The average Bonchev–Trinajstić information content (AvgIpc) is 3.13. The predicted molar refractivity (Wildman–Crippen MR) is 129 cm³/mol. The summed E-state index contributed by atoms with van der Waals surface area (Å²) in [4.78, 5) is 31.0. The Labute approximate surface area is 198 Å². The maximum absolute atomic E-state index is 13.8. The molecule has 8 heteroatoms. The molecule has 0 aliphatic carbocycles. The fourth-order valence-corrected chi connectivity index (χ4v) is 4.43.